The monoisotopic (exact) mass is 343 g/mol. The predicted molar refractivity (Wildman–Crippen MR) is 82.7 cm³/mol. The van der Waals surface area contributed by atoms with E-state index in [-0.39, 0.29) is 9.77 Å². The molecule has 0 bridgehead atoms. The van der Waals surface area contributed by atoms with Crippen LogP contribution in [-0.4, -0.2) is 26.0 Å². The number of sulfonamides is 1. The van der Waals surface area contributed by atoms with E-state index in [1.165, 1.54) is 23.9 Å². The van der Waals surface area contributed by atoms with E-state index in [0.29, 0.717) is 16.3 Å². The smallest absolute Gasteiger partial charge is 0.345 e. The highest BCUT2D eigenvalue weighted by atomic mass is 32.2. The van der Waals surface area contributed by atoms with Crippen molar-refractivity contribution < 1.29 is 18.3 Å². The lowest BCUT2D eigenvalue weighted by Crippen LogP contribution is -2.23. The summed E-state index contributed by atoms with van der Waals surface area (Å²) in [6.07, 6.45) is 0. The highest BCUT2D eigenvalue weighted by Crippen LogP contribution is 2.35. The molecule has 1 heterocycles. The van der Waals surface area contributed by atoms with Crippen molar-refractivity contribution in [2.75, 3.05) is 6.54 Å². The molecule has 2 N–H and O–H groups in total. The molecule has 0 amide bonds. The van der Waals surface area contributed by atoms with Gasteiger partial charge in [0.25, 0.3) is 0 Å². The van der Waals surface area contributed by atoms with Crippen LogP contribution >= 0.6 is 23.1 Å². The molecule has 0 saturated heterocycles. The van der Waals surface area contributed by atoms with Crippen LogP contribution in [0.2, 0.25) is 0 Å². The van der Waals surface area contributed by atoms with Crippen LogP contribution in [0.3, 0.4) is 0 Å². The number of thiophene rings is 1. The molecule has 0 aliphatic rings. The highest BCUT2D eigenvalue weighted by molar-refractivity contribution is 8.00. The van der Waals surface area contributed by atoms with E-state index < -0.39 is 16.0 Å². The highest BCUT2D eigenvalue weighted by Gasteiger charge is 2.18. The maximum atomic E-state index is 12.1. The quantitative estimate of drug-likeness (QED) is 0.842. The summed E-state index contributed by atoms with van der Waals surface area (Å²) < 4.78 is 26.7. The van der Waals surface area contributed by atoms with Gasteiger partial charge in [0.2, 0.25) is 10.0 Å². The fraction of sp³-hybridized carbons (Fsp3) is 0.154. The zero-order valence-corrected chi connectivity index (χ0v) is 13.5. The second-order valence-corrected chi connectivity index (χ2v) is 7.76. The first-order valence-electron chi connectivity index (χ1n) is 6.02. The molecule has 1 aromatic heterocycles. The minimum absolute atomic E-state index is 0.194. The number of hydrogen-bond donors (Lipinski definition) is 2. The zero-order valence-electron chi connectivity index (χ0n) is 11.1. The van der Waals surface area contributed by atoms with Crippen LogP contribution in [0.5, 0.6) is 0 Å². The number of benzene rings is 1. The Morgan fingerprint density at radius 3 is 2.71 bits per heavy atom. The Balaban J connectivity index is 2.34. The van der Waals surface area contributed by atoms with Gasteiger partial charge < -0.3 is 5.11 Å². The molecular formula is C13H13NO4S3. The fourth-order valence-corrected chi connectivity index (χ4v) is 4.98. The van der Waals surface area contributed by atoms with Crippen LogP contribution in [0.4, 0.5) is 0 Å². The molecule has 8 heteroatoms. The van der Waals surface area contributed by atoms with Crippen LogP contribution in [0, 0.1) is 0 Å². The largest absolute Gasteiger partial charge is 0.477 e. The number of nitrogens with one attached hydrogen (secondary N) is 1. The molecule has 0 aliphatic carbocycles. The molecule has 0 atom stereocenters. The van der Waals surface area contributed by atoms with Gasteiger partial charge in [0, 0.05) is 21.7 Å². The van der Waals surface area contributed by atoms with Gasteiger partial charge in [-0.25, -0.2) is 17.9 Å². The summed E-state index contributed by atoms with van der Waals surface area (Å²) in [5, 5.41) is 10.6. The summed E-state index contributed by atoms with van der Waals surface area (Å²) in [6.45, 7) is 2.02. The Bertz CT molecular complexity index is 752. The maximum Gasteiger partial charge on any atom is 0.345 e. The first-order chi connectivity index (χ1) is 9.94. The van der Waals surface area contributed by atoms with Crippen molar-refractivity contribution >= 4 is 39.1 Å². The topological polar surface area (TPSA) is 83.5 Å². The van der Waals surface area contributed by atoms with Crippen LogP contribution in [0.25, 0.3) is 0 Å². The van der Waals surface area contributed by atoms with Crippen molar-refractivity contribution in [3.8, 4) is 0 Å². The minimum Gasteiger partial charge on any atom is -0.477 e. The summed E-state index contributed by atoms with van der Waals surface area (Å²) in [4.78, 5) is 12.6. The fourth-order valence-electron chi connectivity index (χ4n) is 1.64. The van der Waals surface area contributed by atoms with E-state index in [2.05, 4.69) is 4.72 Å². The molecule has 2 aromatic rings. The van der Waals surface area contributed by atoms with E-state index in [1.807, 2.05) is 0 Å². The third-order valence-corrected chi connectivity index (χ3v) is 6.33. The second kappa shape index (κ2) is 6.61. The molecule has 2 rings (SSSR count). The molecule has 0 unspecified atom stereocenters. The Morgan fingerprint density at radius 2 is 2.10 bits per heavy atom. The maximum absolute atomic E-state index is 12.1. The summed E-state index contributed by atoms with van der Waals surface area (Å²) in [7, 11) is -3.55. The van der Waals surface area contributed by atoms with Crippen molar-refractivity contribution in [2.45, 2.75) is 21.6 Å². The first-order valence-corrected chi connectivity index (χ1v) is 9.20. The van der Waals surface area contributed by atoms with Gasteiger partial charge in [-0.15, -0.1) is 11.3 Å². The number of rotatable bonds is 6. The molecule has 5 nitrogen and oxygen atoms in total. The van der Waals surface area contributed by atoms with Crippen molar-refractivity contribution in [2.24, 2.45) is 0 Å². The third-order valence-electron chi connectivity index (χ3n) is 2.49. The summed E-state index contributed by atoms with van der Waals surface area (Å²) in [5.74, 6) is -0.986. The molecule has 0 saturated carbocycles. The van der Waals surface area contributed by atoms with Gasteiger partial charge in [-0.2, -0.15) is 0 Å². The molecular weight excluding hydrogens is 330 g/mol. The van der Waals surface area contributed by atoms with Gasteiger partial charge >= 0.3 is 5.97 Å². The lowest BCUT2D eigenvalue weighted by Gasteiger charge is -2.09. The molecule has 0 aliphatic heterocycles. The summed E-state index contributed by atoms with van der Waals surface area (Å²) >= 11 is 2.35. The Morgan fingerprint density at radius 1 is 1.38 bits per heavy atom. The van der Waals surface area contributed by atoms with E-state index in [1.54, 1.807) is 30.5 Å². The molecule has 112 valence electrons. The number of carboxylic acid groups (broad SMARTS) is 1. The number of aromatic carboxylic acids is 1. The van der Waals surface area contributed by atoms with Gasteiger partial charge in [0.15, 0.2) is 0 Å². The van der Waals surface area contributed by atoms with Gasteiger partial charge in [-0.3, -0.25) is 0 Å². The molecule has 21 heavy (non-hydrogen) atoms. The minimum atomic E-state index is -3.55. The SMILES string of the molecule is CCNS(=O)(=O)c1ccccc1Sc1csc(C(=O)O)c1. The van der Waals surface area contributed by atoms with Crippen molar-refractivity contribution in [3.05, 3.63) is 40.6 Å². The van der Waals surface area contributed by atoms with Crippen LogP contribution < -0.4 is 4.72 Å². The lowest BCUT2D eigenvalue weighted by molar-refractivity contribution is 0.0702. The van der Waals surface area contributed by atoms with Crippen LogP contribution in [-0.2, 0) is 10.0 Å². The van der Waals surface area contributed by atoms with Gasteiger partial charge in [0.05, 0.1) is 4.90 Å². The van der Waals surface area contributed by atoms with Gasteiger partial charge in [-0.1, -0.05) is 30.8 Å². The molecule has 0 fully saturated rings. The standard InChI is InChI=1S/C13H13NO4S3/c1-2-14-21(17,18)12-6-4-3-5-10(12)20-9-7-11(13(15)16)19-8-9/h3-8,14H,2H2,1H3,(H,15,16). The van der Waals surface area contributed by atoms with E-state index in [4.69, 9.17) is 5.11 Å². The predicted octanol–water partition coefficient (Wildman–Crippen LogP) is 2.90. The summed E-state index contributed by atoms with van der Waals surface area (Å²) in [6, 6.07) is 8.18. The van der Waals surface area contributed by atoms with Crippen molar-refractivity contribution in [1.82, 2.24) is 4.72 Å². The molecule has 0 spiro atoms. The zero-order chi connectivity index (χ0) is 15.5. The first kappa shape index (κ1) is 16.0. The number of carbonyl (C=O) groups is 1. The summed E-state index contributed by atoms with van der Waals surface area (Å²) in [5.41, 5.74) is 0. The molecule has 0 radical (unpaired) electrons. The van der Waals surface area contributed by atoms with E-state index in [0.717, 1.165) is 11.3 Å². The Kier molecular flexibility index (Phi) is 5.04. The normalized spacial score (nSPS) is 11.5. The average Bonchev–Trinajstić information content (AvgIpc) is 2.88. The Labute approximate surface area is 131 Å². The second-order valence-electron chi connectivity index (χ2n) is 4.00. The number of carboxylic acids is 1. The van der Waals surface area contributed by atoms with Gasteiger partial charge in [-0.05, 0) is 18.2 Å². The van der Waals surface area contributed by atoms with Gasteiger partial charge in [0.1, 0.15) is 4.88 Å². The molecule has 1 aromatic carbocycles. The lowest BCUT2D eigenvalue weighted by atomic mass is 10.4. The number of hydrogen-bond acceptors (Lipinski definition) is 5. The van der Waals surface area contributed by atoms with Crippen LogP contribution in [0.1, 0.15) is 16.6 Å². The van der Waals surface area contributed by atoms with E-state index in [9.17, 15) is 13.2 Å². The van der Waals surface area contributed by atoms with Crippen molar-refractivity contribution in [3.63, 3.8) is 0 Å². The Hall–Kier alpha value is -1.35. The third kappa shape index (κ3) is 3.85. The van der Waals surface area contributed by atoms with Crippen LogP contribution in [0.15, 0.2) is 50.4 Å². The van der Waals surface area contributed by atoms with E-state index >= 15 is 0 Å². The average molecular weight is 343 g/mol. The van der Waals surface area contributed by atoms with Crippen molar-refractivity contribution in [1.29, 1.82) is 0 Å².